The van der Waals surface area contributed by atoms with E-state index in [1.54, 1.807) is 0 Å². The number of nitrogens with two attached hydrogens (primary N) is 1. The molecule has 0 saturated heterocycles. The number of halogens is 1. The van der Waals surface area contributed by atoms with Crippen molar-refractivity contribution in [3.8, 4) is 0 Å². The van der Waals surface area contributed by atoms with E-state index in [9.17, 15) is 4.79 Å². The van der Waals surface area contributed by atoms with E-state index in [0.717, 1.165) is 19.3 Å². The summed E-state index contributed by atoms with van der Waals surface area (Å²) in [7, 11) is 0. The Hall–Kier alpha value is -1.10. The van der Waals surface area contributed by atoms with Crippen LogP contribution in [0.25, 0.3) is 0 Å². The minimum absolute atomic E-state index is 0. The Balaban J connectivity index is 0.00000220. The van der Waals surface area contributed by atoms with Crippen LogP contribution in [0.15, 0.2) is 30.3 Å². The van der Waals surface area contributed by atoms with E-state index in [-0.39, 0.29) is 36.5 Å². The summed E-state index contributed by atoms with van der Waals surface area (Å²) in [6.07, 6.45) is 3.59. The van der Waals surface area contributed by atoms with E-state index in [2.05, 4.69) is 17.4 Å². The third-order valence-electron chi connectivity index (χ3n) is 3.61. The van der Waals surface area contributed by atoms with Gasteiger partial charge < -0.3 is 15.8 Å². The fourth-order valence-corrected chi connectivity index (χ4v) is 2.63. The lowest BCUT2D eigenvalue weighted by Gasteiger charge is -2.22. The second-order valence-electron chi connectivity index (χ2n) is 5.62. The highest BCUT2D eigenvalue weighted by molar-refractivity contribution is 5.85. The van der Waals surface area contributed by atoms with Gasteiger partial charge in [-0.25, -0.2) is 0 Å². The van der Waals surface area contributed by atoms with Gasteiger partial charge in [0.1, 0.15) is 0 Å². The maximum atomic E-state index is 11.8. The van der Waals surface area contributed by atoms with Gasteiger partial charge >= 0.3 is 0 Å². The molecule has 1 amide bonds. The standard InChI is InChI=1S/C16H24N2O2.ClH/c1-12(17)10-16(19)18-14-8-5-9-15(14)20-11-13-6-3-2-4-7-13;/h2-4,6-7,12,14-15H,5,8-11,17H2,1H3,(H,18,19);1H. The molecule has 3 atom stereocenters. The van der Waals surface area contributed by atoms with E-state index >= 15 is 0 Å². The van der Waals surface area contributed by atoms with Crippen molar-refractivity contribution < 1.29 is 9.53 Å². The minimum atomic E-state index is -0.0971. The van der Waals surface area contributed by atoms with Crippen LogP contribution in [0.3, 0.4) is 0 Å². The number of nitrogens with one attached hydrogen (secondary N) is 1. The summed E-state index contributed by atoms with van der Waals surface area (Å²) in [5, 5.41) is 3.05. The largest absolute Gasteiger partial charge is 0.371 e. The molecule has 0 heterocycles. The molecule has 5 heteroatoms. The number of ether oxygens (including phenoxy) is 1. The molecule has 1 fully saturated rings. The van der Waals surface area contributed by atoms with Gasteiger partial charge in [0.2, 0.25) is 5.91 Å². The maximum absolute atomic E-state index is 11.8. The van der Waals surface area contributed by atoms with Crippen molar-refractivity contribution >= 4 is 18.3 Å². The highest BCUT2D eigenvalue weighted by Crippen LogP contribution is 2.23. The van der Waals surface area contributed by atoms with Gasteiger partial charge in [-0.1, -0.05) is 30.3 Å². The molecule has 0 spiro atoms. The number of amides is 1. The Bertz CT molecular complexity index is 426. The molecule has 1 aromatic rings. The number of carbonyl (C=O) groups excluding carboxylic acids is 1. The Morgan fingerprint density at radius 1 is 1.38 bits per heavy atom. The summed E-state index contributed by atoms with van der Waals surface area (Å²) in [5.41, 5.74) is 6.81. The first-order valence-electron chi connectivity index (χ1n) is 7.35. The lowest BCUT2D eigenvalue weighted by molar-refractivity contribution is -0.123. The first-order chi connectivity index (χ1) is 9.65. The summed E-state index contributed by atoms with van der Waals surface area (Å²) >= 11 is 0. The average Bonchev–Trinajstić information content (AvgIpc) is 2.84. The number of benzene rings is 1. The van der Waals surface area contributed by atoms with Crippen molar-refractivity contribution in [2.75, 3.05) is 0 Å². The van der Waals surface area contributed by atoms with Crippen molar-refractivity contribution in [3.05, 3.63) is 35.9 Å². The maximum Gasteiger partial charge on any atom is 0.221 e. The Morgan fingerprint density at radius 2 is 2.10 bits per heavy atom. The van der Waals surface area contributed by atoms with Crippen LogP contribution in [0.5, 0.6) is 0 Å². The normalized spacial score (nSPS) is 22.4. The highest BCUT2D eigenvalue weighted by Gasteiger charge is 2.29. The van der Waals surface area contributed by atoms with Gasteiger partial charge in [-0.15, -0.1) is 12.4 Å². The molecule has 0 bridgehead atoms. The average molecular weight is 313 g/mol. The van der Waals surface area contributed by atoms with Gasteiger partial charge in [0, 0.05) is 12.5 Å². The summed E-state index contributed by atoms with van der Waals surface area (Å²) in [4.78, 5) is 11.8. The van der Waals surface area contributed by atoms with Gasteiger partial charge in [0.25, 0.3) is 0 Å². The molecule has 2 rings (SSSR count). The Labute approximate surface area is 132 Å². The van der Waals surface area contributed by atoms with Crippen LogP contribution >= 0.6 is 12.4 Å². The van der Waals surface area contributed by atoms with Crippen LogP contribution in [0.4, 0.5) is 0 Å². The number of rotatable bonds is 6. The summed E-state index contributed by atoms with van der Waals surface area (Å²) in [6, 6.07) is 10.2. The molecule has 3 N–H and O–H groups in total. The van der Waals surface area contributed by atoms with Gasteiger partial charge in [0.15, 0.2) is 0 Å². The molecule has 118 valence electrons. The van der Waals surface area contributed by atoms with Gasteiger partial charge in [-0.05, 0) is 31.7 Å². The van der Waals surface area contributed by atoms with E-state index in [4.69, 9.17) is 10.5 Å². The predicted octanol–water partition coefficient (Wildman–Crippen LogP) is 2.40. The van der Waals surface area contributed by atoms with Crippen LogP contribution in [-0.2, 0) is 16.1 Å². The molecule has 0 aromatic heterocycles. The first kappa shape index (κ1) is 18.0. The van der Waals surface area contributed by atoms with Crippen molar-refractivity contribution in [2.45, 2.75) is 57.4 Å². The molecule has 3 unspecified atom stereocenters. The zero-order valence-electron chi connectivity index (χ0n) is 12.5. The first-order valence-corrected chi connectivity index (χ1v) is 7.35. The van der Waals surface area contributed by atoms with Crippen molar-refractivity contribution in [3.63, 3.8) is 0 Å². The zero-order valence-corrected chi connectivity index (χ0v) is 13.3. The van der Waals surface area contributed by atoms with Crippen LogP contribution < -0.4 is 11.1 Å². The molecule has 0 aliphatic heterocycles. The van der Waals surface area contributed by atoms with Crippen molar-refractivity contribution in [1.29, 1.82) is 0 Å². The lowest BCUT2D eigenvalue weighted by Crippen LogP contribution is -2.42. The molecular weight excluding hydrogens is 288 g/mol. The molecule has 1 aliphatic carbocycles. The fourth-order valence-electron chi connectivity index (χ4n) is 2.63. The molecule has 0 radical (unpaired) electrons. The number of hydrogen-bond donors (Lipinski definition) is 2. The van der Waals surface area contributed by atoms with Crippen molar-refractivity contribution in [2.24, 2.45) is 5.73 Å². The van der Waals surface area contributed by atoms with E-state index < -0.39 is 0 Å². The van der Waals surface area contributed by atoms with Crippen LogP contribution in [0.2, 0.25) is 0 Å². The number of hydrogen-bond acceptors (Lipinski definition) is 3. The topological polar surface area (TPSA) is 64.4 Å². The minimum Gasteiger partial charge on any atom is -0.371 e. The third kappa shape index (κ3) is 6.04. The Morgan fingerprint density at radius 3 is 2.76 bits per heavy atom. The fraction of sp³-hybridized carbons (Fsp3) is 0.562. The van der Waals surface area contributed by atoms with E-state index in [0.29, 0.717) is 13.0 Å². The summed E-state index contributed by atoms with van der Waals surface area (Å²) < 4.78 is 5.96. The van der Waals surface area contributed by atoms with Gasteiger partial charge in [0.05, 0.1) is 18.8 Å². The molecule has 21 heavy (non-hydrogen) atoms. The monoisotopic (exact) mass is 312 g/mol. The zero-order chi connectivity index (χ0) is 14.4. The third-order valence-corrected chi connectivity index (χ3v) is 3.61. The Kier molecular flexibility index (Phi) is 7.72. The van der Waals surface area contributed by atoms with E-state index in [1.807, 2.05) is 25.1 Å². The highest BCUT2D eigenvalue weighted by atomic mass is 35.5. The molecule has 1 aliphatic rings. The molecule has 4 nitrogen and oxygen atoms in total. The summed E-state index contributed by atoms with van der Waals surface area (Å²) in [5.74, 6) is 0.0280. The van der Waals surface area contributed by atoms with Crippen molar-refractivity contribution in [1.82, 2.24) is 5.32 Å². The predicted molar refractivity (Wildman–Crippen MR) is 86.3 cm³/mol. The lowest BCUT2D eigenvalue weighted by atomic mass is 10.1. The molecule has 1 saturated carbocycles. The van der Waals surface area contributed by atoms with E-state index in [1.165, 1.54) is 5.56 Å². The van der Waals surface area contributed by atoms with Crippen LogP contribution in [0.1, 0.15) is 38.2 Å². The molecular formula is C16H25ClN2O2. The number of carbonyl (C=O) groups is 1. The molecule has 1 aromatic carbocycles. The van der Waals surface area contributed by atoms with Crippen LogP contribution in [-0.4, -0.2) is 24.1 Å². The smallest absolute Gasteiger partial charge is 0.221 e. The van der Waals surface area contributed by atoms with Gasteiger partial charge in [-0.3, -0.25) is 4.79 Å². The quantitative estimate of drug-likeness (QED) is 0.848. The SMILES string of the molecule is CC(N)CC(=O)NC1CCCC1OCc1ccccc1.Cl. The summed E-state index contributed by atoms with van der Waals surface area (Å²) in [6.45, 7) is 2.45. The van der Waals surface area contributed by atoms with Crippen LogP contribution in [0, 0.1) is 0 Å². The second-order valence-corrected chi connectivity index (χ2v) is 5.62. The second kappa shape index (κ2) is 9.03. The van der Waals surface area contributed by atoms with Gasteiger partial charge in [-0.2, -0.15) is 0 Å².